The topological polar surface area (TPSA) is 29.3 Å². The van der Waals surface area contributed by atoms with Crippen LogP contribution in [0.15, 0.2) is 23.4 Å². The fourth-order valence-electron chi connectivity index (χ4n) is 2.00. The molecule has 0 N–H and O–H groups in total. The van der Waals surface area contributed by atoms with Crippen LogP contribution >= 0.6 is 0 Å². The van der Waals surface area contributed by atoms with Gasteiger partial charge in [-0.2, -0.15) is 0 Å². The molecule has 0 amide bonds. The summed E-state index contributed by atoms with van der Waals surface area (Å²) >= 11 is 0. The highest BCUT2D eigenvalue weighted by molar-refractivity contribution is 5.74. The Balaban J connectivity index is 1.93. The molecule has 0 aromatic heterocycles. The van der Waals surface area contributed by atoms with Crippen LogP contribution in [-0.2, 0) is 9.53 Å². The predicted octanol–water partition coefficient (Wildman–Crippen LogP) is 2.25. The first-order valence-corrected chi connectivity index (χ1v) is 5.73. The van der Waals surface area contributed by atoms with E-state index in [-0.39, 0.29) is 5.97 Å². The minimum absolute atomic E-state index is 0.142. The van der Waals surface area contributed by atoms with Crippen LogP contribution in [0.4, 0.5) is 0 Å². The molecule has 0 spiro atoms. The summed E-state index contributed by atoms with van der Waals surface area (Å²) in [4.78, 5) is 14.0. The Morgan fingerprint density at radius 1 is 1.56 bits per heavy atom. The van der Waals surface area contributed by atoms with Crippen LogP contribution < -0.4 is 0 Å². The summed E-state index contributed by atoms with van der Waals surface area (Å²) in [7, 11) is 0. The Bertz CT molecular complexity index is 374. The lowest BCUT2D eigenvalue weighted by Crippen LogP contribution is -2.24. The van der Waals surface area contributed by atoms with E-state index in [1.54, 1.807) is 0 Å². The largest absolute Gasteiger partial charge is 0.460 e. The van der Waals surface area contributed by atoms with Gasteiger partial charge in [-0.25, -0.2) is 0 Å². The third kappa shape index (κ3) is 2.65. The van der Waals surface area contributed by atoms with Crippen LogP contribution in [0.3, 0.4) is 0 Å². The van der Waals surface area contributed by atoms with E-state index < -0.39 is 5.60 Å². The molecule has 1 saturated heterocycles. The smallest absolute Gasteiger partial charge is 0.310 e. The van der Waals surface area contributed by atoms with Crippen molar-refractivity contribution in [3.05, 3.63) is 23.4 Å². The lowest BCUT2D eigenvalue weighted by atomic mass is 10.1. The van der Waals surface area contributed by atoms with E-state index in [9.17, 15) is 4.79 Å². The molecule has 0 aliphatic carbocycles. The maximum Gasteiger partial charge on any atom is 0.310 e. The van der Waals surface area contributed by atoms with Gasteiger partial charge in [0.15, 0.2) is 0 Å². The number of ether oxygens (including phenoxy) is 1. The van der Waals surface area contributed by atoms with Gasteiger partial charge in [0.25, 0.3) is 0 Å². The highest BCUT2D eigenvalue weighted by Crippen LogP contribution is 2.32. The molecule has 0 radical (unpaired) electrons. The van der Waals surface area contributed by atoms with Crippen molar-refractivity contribution in [2.75, 3.05) is 6.54 Å². The molecule has 1 atom stereocenters. The fraction of sp³-hybridized carbons (Fsp3) is 0.615. The Kier molecular flexibility index (Phi) is 2.56. The van der Waals surface area contributed by atoms with Gasteiger partial charge in [-0.1, -0.05) is 6.08 Å². The SMILES string of the molecule is CC1=CC(CC(=O)OC(C)(C)C)=CC2CN12. The molecule has 1 fully saturated rings. The van der Waals surface area contributed by atoms with Gasteiger partial charge in [-0.05, 0) is 39.3 Å². The van der Waals surface area contributed by atoms with Crippen LogP contribution in [0.1, 0.15) is 34.1 Å². The van der Waals surface area contributed by atoms with Gasteiger partial charge in [0.1, 0.15) is 5.60 Å². The first-order valence-electron chi connectivity index (χ1n) is 5.73. The summed E-state index contributed by atoms with van der Waals surface area (Å²) in [6.07, 6.45) is 4.63. The lowest BCUT2D eigenvalue weighted by Gasteiger charge is -2.20. The zero-order valence-corrected chi connectivity index (χ0v) is 10.4. The number of hydrogen-bond donors (Lipinski definition) is 0. The molecule has 2 aliphatic heterocycles. The summed E-state index contributed by atoms with van der Waals surface area (Å²) in [6.45, 7) is 8.86. The van der Waals surface area contributed by atoms with E-state index in [4.69, 9.17) is 4.74 Å². The van der Waals surface area contributed by atoms with Gasteiger partial charge in [-0.3, -0.25) is 4.79 Å². The molecular formula is C13H19NO2. The maximum atomic E-state index is 11.6. The summed E-state index contributed by atoms with van der Waals surface area (Å²) in [5, 5.41) is 0. The number of carbonyl (C=O) groups excluding carboxylic acids is 1. The van der Waals surface area contributed by atoms with Crippen molar-refractivity contribution < 1.29 is 9.53 Å². The van der Waals surface area contributed by atoms with Crippen LogP contribution in [0.25, 0.3) is 0 Å². The zero-order chi connectivity index (χ0) is 11.9. The highest BCUT2D eigenvalue weighted by Gasteiger charge is 2.35. The lowest BCUT2D eigenvalue weighted by molar-refractivity contribution is -0.153. The molecule has 0 aromatic carbocycles. The van der Waals surface area contributed by atoms with E-state index in [1.165, 1.54) is 5.70 Å². The van der Waals surface area contributed by atoms with Crippen molar-refractivity contribution in [1.82, 2.24) is 4.90 Å². The second kappa shape index (κ2) is 3.65. The van der Waals surface area contributed by atoms with E-state index >= 15 is 0 Å². The third-order valence-electron chi connectivity index (χ3n) is 2.67. The fourth-order valence-corrected chi connectivity index (χ4v) is 2.00. The molecule has 3 nitrogen and oxygen atoms in total. The normalized spacial score (nSPS) is 23.2. The number of carbonyl (C=O) groups is 1. The first kappa shape index (κ1) is 11.2. The summed E-state index contributed by atoms with van der Waals surface area (Å²) in [5.74, 6) is -0.142. The van der Waals surface area contributed by atoms with Crippen LogP contribution in [0, 0.1) is 0 Å². The first-order chi connectivity index (χ1) is 7.35. The van der Waals surface area contributed by atoms with Gasteiger partial charge in [0.2, 0.25) is 0 Å². The van der Waals surface area contributed by atoms with Crippen molar-refractivity contribution >= 4 is 5.97 Å². The molecule has 2 aliphatic rings. The minimum Gasteiger partial charge on any atom is -0.460 e. The summed E-state index contributed by atoms with van der Waals surface area (Å²) < 4.78 is 5.30. The van der Waals surface area contributed by atoms with Gasteiger partial charge in [-0.15, -0.1) is 0 Å². The number of allylic oxidation sites excluding steroid dienone is 2. The van der Waals surface area contributed by atoms with E-state index in [0.717, 1.165) is 12.1 Å². The molecule has 1 unspecified atom stereocenters. The summed E-state index contributed by atoms with van der Waals surface area (Å²) in [6, 6.07) is 0.530. The van der Waals surface area contributed by atoms with E-state index in [2.05, 4.69) is 24.0 Å². The van der Waals surface area contributed by atoms with Crippen molar-refractivity contribution in [2.45, 2.75) is 45.8 Å². The Morgan fingerprint density at radius 3 is 2.81 bits per heavy atom. The molecule has 0 saturated carbocycles. The standard InChI is InChI=1S/C13H19NO2/c1-9-5-10(6-11-8-14(9)11)7-12(15)16-13(2,3)4/h5-6,11H,7-8H2,1-4H3. The molecule has 2 heterocycles. The number of nitrogens with zero attached hydrogens (tertiary/aromatic N) is 1. The van der Waals surface area contributed by atoms with Crippen LogP contribution in [0.5, 0.6) is 0 Å². The Hall–Kier alpha value is -1.25. The monoisotopic (exact) mass is 221 g/mol. The van der Waals surface area contributed by atoms with Crippen molar-refractivity contribution in [3.63, 3.8) is 0 Å². The molecule has 0 bridgehead atoms. The van der Waals surface area contributed by atoms with Crippen LogP contribution in [0.2, 0.25) is 0 Å². The summed E-state index contributed by atoms with van der Waals surface area (Å²) in [5.41, 5.74) is 1.95. The molecule has 0 aromatic rings. The second-order valence-electron chi connectivity index (χ2n) is 5.51. The van der Waals surface area contributed by atoms with Gasteiger partial charge >= 0.3 is 5.97 Å². The Morgan fingerprint density at radius 2 is 2.25 bits per heavy atom. The maximum absolute atomic E-state index is 11.6. The van der Waals surface area contributed by atoms with Gasteiger partial charge in [0.05, 0.1) is 12.5 Å². The van der Waals surface area contributed by atoms with Crippen molar-refractivity contribution in [3.8, 4) is 0 Å². The molecule has 88 valence electrons. The predicted molar refractivity (Wildman–Crippen MR) is 62.8 cm³/mol. The average molecular weight is 221 g/mol. The number of fused-ring (bicyclic) bond motifs is 1. The van der Waals surface area contributed by atoms with E-state index in [0.29, 0.717) is 12.5 Å². The third-order valence-corrected chi connectivity index (χ3v) is 2.67. The number of esters is 1. The highest BCUT2D eigenvalue weighted by atomic mass is 16.6. The average Bonchev–Trinajstić information content (AvgIpc) is 2.78. The molecule has 2 rings (SSSR count). The molecular weight excluding hydrogens is 202 g/mol. The zero-order valence-electron chi connectivity index (χ0n) is 10.4. The van der Waals surface area contributed by atoms with Crippen LogP contribution in [-0.4, -0.2) is 29.1 Å². The molecule has 16 heavy (non-hydrogen) atoms. The van der Waals surface area contributed by atoms with Gasteiger partial charge in [0, 0.05) is 12.2 Å². The quantitative estimate of drug-likeness (QED) is 0.529. The van der Waals surface area contributed by atoms with Crippen molar-refractivity contribution in [2.24, 2.45) is 0 Å². The second-order valence-corrected chi connectivity index (χ2v) is 5.51. The number of rotatable bonds is 2. The minimum atomic E-state index is -0.392. The number of hydrogen-bond acceptors (Lipinski definition) is 3. The Labute approximate surface area is 96.8 Å². The van der Waals surface area contributed by atoms with E-state index in [1.807, 2.05) is 20.8 Å². The van der Waals surface area contributed by atoms with Gasteiger partial charge < -0.3 is 9.64 Å². The van der Waals surface area contributed by atoms with Crippen molar-refractivity contribution in [1.29, 1.82) is 0 Å². The molecule has 3 heteroatoms.